The predicted octanol–water partition coefficient (Wildman–Crippen LogP) is 0.473. The van der Waals surface area contributed by atoms with Crippen LogP contribution in [-0.2, 0) is 14.8 Å². The van der Waals surface area contributed by atoms with Crippen molar-refractivity contribution in [2.24, 2.45) is 0 Å². The van der Waals surface area contributed by atoms with Gasteiger partial charge in [-0.2, -0.15) is 0 Å². The number of sulfonamides is 1. The van der Waals surface area contributed by atoms with Crippen LogP contribution in [0.1, 0.15) is 32.1 Å². The third kappa shape index (κ3) is 6.98. The van der Waals surface area contributed by atoms with Crippen LogP contribution in [0.15, 0.2) is 0 Å². The molecule has 0 amide bonds. The van der Waals surface area contributed by atoms with E-state index >= 15 is 0 Å². The van der Waals surface area contributed by atoms with E-state index in [0.717, 1.165) is 25.8 Å². The molecular formula is C11H24N2O3S. The summed E-state index contributed by atoms with van der Waals surface area (Å²) in [4.78, 5) is 0. The van der Waals surface area contributed by atoms with Crippen molar-refractivity contribution >= 4 is 10.0 Å². The van der Waals surface area contributed by atoms with Crippen LogP contribution in [0.5, 0.6) is 0 Å². The lowest BCUT2D eigenvalue weighted by molar-refractivity contribution is 0.0589. The summed E-state index contributed by atoms with van der Waals surface area (Å²) in [6.45, 7) is 1.36. The Labute approximate surface area is 104 Å². The Kier molecular flexibility index (Phi) is 6.40. The lowest BCUT2D eigenvalue weighted by atomic mass is 9.93. The van der Waals surface area contributed by atoms with E-state index < -0.39 is 10.0 Å². The number of methoxy groups -OCH3 is 1. The maximum Gasteiger partial charge on any atom is 0.208 e. The van der Waals surface area contributed by atoms with Crippen molar-refractivity contribution in [1.82, 2.24) is 10.0 Å². The van der Waals surface area contributed by atoms with Crippen LogP contribution in [0.2, 0.25) is 0 Å². The highest BCUT2D eigenvalue weighted by Crippen LogP contribution is 2.20. The lowest BCUT2D eigenvalue weighted by Gasteiger charge is -2.28. The average molecular weight is 264 g/mol. The zero-order chi connectivity index (χ0) is 12.7. The molecule has 102 valence electrons. The van der Waals surface area contributed by atoms with Gasteiger partial charge in [0.2, 0.25) is 10.0 Å². The van der Waals surface area contributed by atoms with Crippen molar-refractivity contribution in [3.05, 3.63) is 0 Å². The Morgan fingerprint density at radius 3 is 2.71 bits per heavy atom. The third-order valence-electron chi connectivity index (χ3n) is 3.11. The molecule has 0 aromatic rings. The van der Waals surface area contributed by atoms with Gasteiger partial charge in [-0.1, -0.05) is 0 Å². The molecule has 1 fully saturated rings. The quantitative estimate of drug-likeness (QED) is 0.656. The minimum Gasteiger partial charge on any atom is -0.381 e. The van der Waals surface area contributed by atoms with Gasteiger partial charge in [-0.05, 0) is 38.6 Å². The largest absolute Gasteiger partial charge is 0.381 e. The van der Waals surface area contributed by atoms with Crippen LogP contribution in [-0.4, -0.2) is 47.0 Å². The fraction of sp³-hybridized carbons (Fsp3) is 1.00. The number of hydrogen-bond acceptors (Lipinski definition) is 4. The van der Waals surface area contributed by atoms with Gasteiger partial charge in [0.1, 0.15) is 0 Å². The van der Waals surface area contributed by atoms with E-state index in [2.05, 4.69) is 10.0 Å². The Hall–Kier alpha value is -0.170. The van der Waals surface area contributed by atoms with E-state index in [4.69, 9.17) is 4.74 Å². The predicted molar refractivity (Wildman–Crippen MR) is 68.5 cm³/mol. The van der Waals surface area contributed by atoms with Crippen LogP contribution in [0.25, 0.3) is 0 Å². The Bertz CT molecular complexity index is 306. The Morgan fingerprint density at radius 1 is 1.29 bits per heavy atom. The second-order valence-corrected chi connectivity index (χ2v) is 6.53. The molecule has 1 aliphatic carbocycles. The molecule has 2 atom stereocenters. The number of nitrogens with one attached hydrogen (secondary N) is 2. The summed E-state index contributed by atoms with van der Waals surface area (Å²) >= 11 is 0. The molecule has 0 aromatic heterocycles. The van der Waals surface area contributed by atoms with Gasteiger partial charge in [-0.25, -0.2) is 13.1 Å². The van der Waals surface area contributed by atoms with Gasteiger partial charge in [0, 0.05) is 19.7 Å². The molecule has 2 N–H and O–H groups in total. The lowest BCUT2D eigenvalue weighted by Crippen LogP contribution is -2.38. The van der Waals surface area contributed by atoms with Crippen LogP contribution >= 0.6 is 0 Å². The highest BCUT2D eigenvalue weighted by molar-refractivity contribution is 7.88. The summed E-state index contributed by atoms with van der Waals surface area (Å²) in [5.41, 5.74) is 0. The van der Waals surface area contributed by atoms with Gasteiger partial charge < -0.3 is 10.1 Å². The molecule has 2 unspecified atom stereocenters. The third-order valence-corrected chi connectivity index (χ3v) is 3.84. The van der Waals surface area contributed by atoms with E-state index in [-0.39, 0.29) is 0 Å². The molecule has 17 heavy (non-hydrogen) atoms. The normalized spacial score (nSPS) is 26.0. The highest BCUT2D eigenvalue weighted by Gasteiger charge is 2.20. The first kappa shape index (κ1) is 14.9. The van der Waals surface area contributed by atoms with E-state index in [1.165, 1.54) is 19.1 Å². The topological polar surface area (TPSA) is 67.4 Å². The fourth-order valence-electron chi connectivity index (χ4n) is 2.20. The van der Waals surface area contributed by atoms with Crippen LogP contribution in [0.3, 0.4) is 0 Å². The highest BCUT2D eigenvalue weighted by atomic mass is 32.2. The van der Waals surface area contributed by atoms with E-state index in [1.54, 1.807) is 7.11 Å². The maximum absolute atomic E-state index is 10.8. The molecule has 0 bridgehead atoms. The monoisotopic (exact) mass is 264 g/mol. The van der Waals surface area contributed by atoms with Crippen molar-refractivity contribution in [1.29, 1.82) is 0 Å². The van der Waals surface area contributed by atoms with Crippen LogP contribution < -0.4 is 10.0 Å². The Balaban J connectivity index is 2.06. The molecule has 0 heterocycles. The first-order valence-corrected chi connectivity index (χ1v) is 8.11. The van der Waals surface area contributed by atoms with Gasteiger partial charge in [-0.15, -0.1) is 0 Å². The molecule has 1 rings (SSSR count). The van der Waals surface area contributed by atoms with E-state index in [9.17, 15) is 8.42 Å². The van der Waals surface area contributed by atoms with Crippen LogP contribution in [0, 0.1) is 0 Å². The van der Waals surface area contributed by atoms with Gasteiger partial charge in [0.15, 0.2) is 0 Å². The first-order valence-electron chi connectivity index (χ1n) is 6.22. The van der Waals surface area contributed by atoms with Crippen LogP contribution in [0.4, 0.5) is 0 Å². The van der Waals surface area contributed by atoms with Crippen molar-refractivity contribution in [2.45, 2.75) is 44.2 Å². The molecule has 0 aliphatic heterocycles. The van der Waals surface area contributed by atoms with Gasteiger partial charge >= 0.3 is 0 Å². The SMILES string of the molecule is COC1CCCC(NCCCNS(C)(=O)=O)C1. The summed E-state index contributed by atoms with van der Waals surface area (Å²) in [5.74, 6) is 0. The summed E-state index contributed by atoms with van der Waals surface area (Å²) in [7, 11) is -1.27. The Morgan fingerprint density at radius 2 is 2.06 bits per heavy atom. The zero-order valence-corrected chi connectivity index (χ0v) is 11.6. The fourth-order valence-corrected chi connectivity index (χ4v) is 2.71. The molecule has 0 aromatic carbocycles. The second-order valence-electron chi connectivity index (χ2n) is 4.70. The second kappa shape index (κ2) is 7.31. The standard InChI is InChI=1S/C11H24N2O3S/c1-16-11-6-3-5-10(9-11)12-7-4-8-13-17(2,14)15/h10-13H,3-9H2,1-2H3. The molecule has 1 aliphatic rings. The minimum absolute atomic E-state index is 0.385. The molecule has 0 spiro atoms. The summed E-state index contributed by atoms with van der Waals surface area (Å²) < 4.78 is 29.5. The maximum atomic E-state index is 10.8. The molecule has 5 nitrogen and oxygen atoms in total. The zero-order valence-electron chi connectivity index (χ0n) is 10.7. The summed E-state index contributed by atoms with van der Waals surface area (Å²) in [6.07, 6.45) is 7.01. The van der Waals surface area contributed by atoms with E-state index in [0.29, 0.717) is 18.7 Å². The minimum atomic E-state index is -3.04. The molecule has 0 saturated heterocycles. The molecule has 1 saturated carbocycles. The molecular weight excluding hydrogens is 240 g/mol. The van der Waals surface area contributed by atoms with Gasteiger partial charge in [-0.3, -0.25) is 0 Å². The van der Waals surface area contributed by atoms with Crippen molar-refractivity contribution in [2.75, 3.05) is 26.5 Å². The van der Waals surface area contributed by atoms with Crippen molar-refractivity contribution < 1.29 is 13.2 Å². The summed E-state index contributed by atoms with van der Waals surface area (Å²) in [6, 6.07) is 0.520. The molecule has 0 radical (unpaired) electrons. The summed E-state index contributed by atoms with van der Waals surface area (Å²) in [5, 5.41) is 3.46. The van der Waals surface area contributed by atoms with Crippen molar-refractivity contribution in [3.63, 3.8) is 0 Å². The number of hydrogen-bond donors (Lipinski definition) is 2. The van der Waals surface area contributed by atoms with Gasteiger partial charge in [0.05, 0.1) is 12.4 Å². The average Bonchev–Trinajstić information content (AvgIpc) is 2.27. The molecule has 6 heteroatoms. The van der Waals surface area contributed by atoms with Crippen molar-refractivity contribution in [3.8, 4) is 0 Å². The van der Waals surface area contributed by atoms with E-state index in [1.807, 2.05) is 0 Å². The number of rotatable bonds is 7. The smallest absolute Gasteiger partial charge is 0.208 e. The first-order chi connectivity index (χ1) is 8.01. The number of ether oxygens (including phenoxy) is 1. The van der Waals surface area contributed by atoms with Gasteiger partial charge in [0.25, 0.3) is 0 Å².